The molecule has 5 N–H and O–H groups in total. The molecule has 0 spiro atoms. The monoisotopic (exact) mass is 629 g/mol. The molecule has 0 saturated carbocycles. The van der Waals surface area contributed by atoms with Gasteiger partial charge in [-0.1, -0.05) is 60.7 Å². The van der Waals surface area contributed by atoms with Gasteiger partial charge in [-0.2, -0.15) is 0 Å². The van der Waals surface area contributed by atoms with Crippen molar-refractivity contribution in [1.29, 1.82) is 0 Å². The average molecular weight is 630 g/mol. The molecule has 46 heavy (non-hydrogen) atoms. The van der Waals surface area contributed by atoms with Crippen molar-refractivity contribution in [2.24, 2.45) is 5.73 Å². The quantitative estimate of drug-likeness (QED) is 0.171. The van der Waals surface area contributed by atoms with Crippen LogP contribution in [0, 0.1) is 0 Å². The van der Waals surface area contributed by atoms with E-state index in [1.165, 1.54) is 0 Å². The summed E-state index contributed by atoms with van der Waals surface area (Å²) in [4.78, 5) is 41.7. The lowest BCUT2D eigenvalue weighted by Crippen LogP contribution is -2.42. The fraction of sp³-hybridized carbons (Fsp3) is 0.417. The lowest BCUT2D eigenvalue weighted by atomic mass is 10.0. The summed E-state index contributed by atoms with van der Waals surface area (Å²) in [6, 6.07) is 23.8. The molecule has 3 amide bonds. The van der Waals surface area contributed by atoms with Gasteiger partial charge in [0.15, 0.2) is 0 Å². The first-order chi connectivity index (χ1) is 22.3. The Labute approximate surface area is 271 Å². The van der Waals surface area contributed by atoms with E-state index in [2.05, 4.69) is 15.5 Å². The molecule has 0 aromatic heterocycles. The number of nitrogens with one attached hydrogen (secondary N) is 2. The number of hydrogen-bond acceptors (Lipinski definition) is 7. The molecule has 1 unspecified atom stereocenters. The molecular weight excluding hydrogens is 582 g/mol. The number of ether oxygens (including phenoxy) is 1. The number of amides is 3. The summed E-state index contributed by atoms with van der Waals surface area (Å²) in [6.45, 7) is 5.51. The van der Waals surface area contributed by atoms with Gasteiger partial charge >= 0.3 is 6.09 Å². The number of aromatic hydroxyl groups is 1. The maximum atomic E-state index is 12.7. The number of nitrogens with zero attached hydrogens (tertiary/aromatic N) is 2. The van der Waals surface area contributed by atoms with Crippen molar-refractivity contribution < 1.29 is 24.2 Å². The van der Waals surface area contributed by atoms with Gasteiger partial charge in [-0.3, -0.25) is 14.9 Å². The van der Waals surface area contributed by atoms with E-state index in [9.17, 15) is 19.5 Å². The van der Waals surface area contributed by atoms with Gasteiger partial charge < -0.3 is 30.7 Å². The van der Waals surface area contributed by atoms with Crippen LogP contribution in [0.25, 0.3) is 11.1 Å². The number of phenols is 1. The zero-order chi connectivity index (χ0) is 32.7. The predicted molar refractivity (Wildman–Crippen MR) is 180 cm³/mol. The van der Waals surface area contributed by atoms with Crippen LogP contribution in [0.5, 0.6) is 5.75 Å². The molecule has 10 heteroatoms. The molecule has 0 bridgehead atoms. The first-order valence-corrected chi connectivity index (χ1v) is 16.2. The third-order valence-corrected chi connectivity index (χ3v) is 8.15. The number of benzene rings is 3. The Balaban J connectivity index is 1.07. The van der Waals surface area contributed by atoms with Crippen molar-refractivity contribution in [2.45, 2.75) is 64.1 Å². The van der Waals surface area contributed by atoms with Crippen LogP contribution in [0.15, 0.2) is 78.9 Å². The van der Waals surface area contributed by atoms with Gasteiger partial charge in [0.1, 0.15) is 11.9 Å². The topological polar surface area (TPSA) is 137 Å². The van der Waals surface area contributed by atoms with Crippen LogP contribution in [-0.2, 0) is 20.9 Å². The molecule has 3 aromatic carbocycles. The largest absolute Gasteiger partial charge is 0.508 e. The van der Waals surface area contributed by atoms with Gasteiger partial charge in [-0.25, -0.2) is 4.79 Å². The van der Waals surface area contributed by atoms with E-state index in [0.29, 0.717) is 38.3 Å². The Morgan fingerprint density at radius 3 is 2.37 bits per heavy atom. The van der Waals surface area contributed by atoms with Crippen molar-refractivity contribution in [3.05, 3.63) is 84.4 Å². The molecule has 246 valence electrons. The molecule has 10 nitrogen and oxygen atoms in total. The smallest absolute Gasteiger partial charge is 0.411 e. The summed E-state index contributed by atoms with van der Waals surface area (Å²) >= 11 is 0. The number of hydrogen-bond donors (Lipinski definition) is 4. The fourth-order valence-corrected chi connectivity index (χ4v) is 5.56. The molecule has 1 aliphatic heterocycles. The Bertz CT molecular complexity index is 1390. The van der Waals surface area contributed by atoms with E-state index in [0.717, 1.165) is 61.9 Å². The molecule has 1 saturated heterocycles. The zero-order valence-corrected chi connectivity index (χ0v) is 26.7. The molecule has 1 atom stereocenters. The minimum atomic E-state index is -0.581. The van der Waals surface area contributed by atoms with Crippen LogP contribution in [0.4, 0.5) is 10.5 Å². The van der Waals surface area contributed by atoms with Crippen molar-refractivity contribution in [1.82, 2.24) is 15.1 Å². The minimum absolute atomic E-state index is 0.0240. The third kappa shape index (κ3) is 11.2. The summed E-state index contributed by atoms with van der Waals surface area (Å²) in [6.07, 6.45) is 3.77. The first-order valence-electron chi connectivity index (χ1n) is 16.2. The second-order valence-corrected chi connectivity index (χ2v) is 11.9. The van der Waals surface area contributed by atoms with E-state index in [1.807, 2.05) is 54.6 Å². The van der Waals surface area contributed by atoms with E-state index in [4.69, 9.17) is 10.5 Å². The van der Waals surface area contributed by atoms with Gasteiger partial charge in [-0.15, -0.1) is 0 Å². The third-order valence-electron chi connectivity index (χ3n) is 8.15. The maximum absolute atomic E-state index is 12.7. The summed E-state index contributed by atoms with van der Waals surface area (Å²) in [5.41, 5.74) is 9.46. The number of piperidine rings is 1. The van der Waals surface area contributed by atoms with E-state index >= 15 is 0 Å². The number of unbranched alkanes of at least 4 members (excludes halogenated alkanes) is 2. The molecule has 3 aromatic rings. The fourth-order valence-electron chi connectivity index (χ4n) is 5.56. The molecule has 0 radical (unpaired) electrons. The predicted octanol–water partition coefficient (Wildman–Crippen LogP) is 5.12. The molecule has 1 aliphatic rings. The van der Waals surface area contributed by atoms with Gasteiger partial charge in [0.2, 0.25) is 11.8 Å². The standard InChI is InChI=1S/C36H47N5O5/c1-27(37)35(44)41(26-28-14-16-30(42)17-15-28)22-9-3-8-21-38-34(43)20-25-40-23-18-31(19-24-40)46-36(45)39-33-13-7-6-12-32(33)29-10-4-2-5-11-29/h2,4-7,10-17,27,31,42H,3,8-9,18-26,37H2,1H3,(H,38,43)(H,39,45). The van der Waals surface area contributed by atoms with E-state index in [-0.39, 0.29) is 23.7 Å². The van der Waals surface area contributed by atoms with Crippen molar-refractivity contribution in [3.8, 4) is 16.9 Å². The Morgan fingerprint density at radius 1 is 0.957 bits per heavy atom. The molecule has 1 heterocycles. The SMILES string of the molecule is CC(N)C(=O)N(CCCCCNC(=O)CCN1CCC(OC(=O)Nc2ccccc2-c2ccccc2)CC1)Cc1ccc(O)cc1. The lowest BCUT2D eigenvalue weighted by Gasteiger charge is -2.31. The number of anilines is 1. The number of nitrogens with two attached hydrogens (primary N) is 1. The van der Waals surface area contributed by atoms with Gasteiger partial charge in [0, 0.05) is 51.3 Å². The number of para-hydroxylation sites is 1. The highest BCUT2D eigenvalue weighted by Crippen LogP contribution is 2.28. The van der Waals surface area contributed by atoms with Gasteiger partial charge in [-0.05, 0) is 68.4 Å². The summed E-state index contributed by atoms with van der Waals surface area (Å²) in [5.74, 6) is 0.106. The highest BCUT2D eigenvalue weighted by Gasteiger charge is 2.23. The number of likely N-dealkylation sites (tertiary alicyclic amines) is 1. The minimum Gasteiger partial charge on any atom is -0.508 e. The number of carbonyl (C=O) groups is 3. The van der Waals surface area contributed by atoms with Crippen molar-refractivity contribution >= 4 is 23.6 Å². The molecule has 1 fully saturated rings. The van der Waals surface area contributed by atoms with Crippen LogP contribution in [0.3, 0.4) is 0 Å². The van der Waals surface area contributed by atoms with Crippen LogP contribution >= 0.6 is 0 Å². The molecule has 4 rings (SSSR count). The van der Waals surface area contributed by atoms with Gasteiger partial charge in [0.05, 0.1) is 11.7 Å². The van der Waals surface area contributed by atoms with E-state index < -0.39 is 12.1 Å². The Morgan fingerprint density at radius 2 is 1.65 bits per heavy atom. The maximum Gasteiger partial charge on any atom is 0.411 e. The number of phenolic OH excluding ortho intramolecular Hbond substituents is 1. The van der Waals surface area contributed by atoms with Gasteiger partial charge in [0.25, 0.3) is 0 Å². The van der Waals surface area contributed by atoms with Crippen LogP contribution in [0.1, 0.15) is 51.0 Å². The summed E-state index contributed by atoms with van der Waals surface area (Å²) in [7, 11) is 0. The van der Waals surface area contributed by atoms with Crippen molar-refractivity contribution in [2.75, 3.05) is 38.0 Å². The summed E-state index contributed by atoms with van der Waals surface area (Å²) < 4.78 is 5.73. The van der Waals surface area contributed by atoms with Crippen LogP contribution < -0.4 is 16.4 Å². The highest BCUT2D eigenvalue weighted by molar-refractivity contribution is 5.91. The highest BCUT2D eigenvalue weighted by atomic mass is 16.6. The Hall–Kier alpha value is -4.41. The number of carbonyl (C=O) groups excluding carboxylic acids is 3. The summed E-state index contributed by atoms with van der Waals surface area (Å²) in [5, 5.41) is 15.4. The van der Waals surface area contributed by atoms with Crippen LogP contribution in [-0.4, -0.2) is 77.7 Å². The number of rotatable bonds is 15. The molecular formula is C36H47N5O5. The molecule has 0 aliphatic carbocycles. The second-order valence-electron chi connectivity index (χ2n) is 11.9. The first kappa shape index (κ1) is 34.5. The second kappa shape index (κ2) is 17.9. The average Bonchev–Trinajstić information content (AvgIpc) is 3.06. The normalized spacial score (nSPS) is 14.3. The van der Waals surface area contributed by atoms with E-state index in [1.54, 1.807) is 36.1 Å². The van der Waals surface area contributed by atoms with Crippen molar-refractivity contribution in [3.63, 3.8) is 0 Å². The zero-order valence-electron chi connectivity index (χ0n) is 26.7. The van der Waals surface area contributed by atoms with Crippen LogP contribution in [0.2, 0.25) is 0 Å². The Kier molecular flexibility index (Phi) is 13.4. The lowest BCUT2D eigenvalue weighted by molar-refractivity contribution is -0.132.